The third-order valence-electron chi connectivity index (χ3n) is 6.16. The van der Waals surface area contributed by atoms with Crippen LogP contribution in [0.2, 0.25) is 0 Å². The van der Waals surface area contributed by atoms with Gasteiger partial charge in [-0.3, -0.25) is 0 Å². The first-order chi connectivity index (χ1) is 15.6. The van der Waals surface area contributed by atoms with Crippen molar-refractivity contribution in [2.45, 2.75) is 71.9 Å². The summed E-state index contributed by atoms with van der Waals surface area (Å²) >= 11 is 0. The molecule has 1 aliphatic carbocycles. The standard InChI is InChI=1S/C28H36N2O3/c1-27(2,3)33-26(31)30(24-13-15-28(4,5)16-14-24)17-18-32-25-11-9-22(10-12-25)23-8-6-7-21(19-23)20-29/h6-12,19,24H,13-18H2,1-5H3. The lowest BCUT2D eigenvalue weighted by atomic mass is 9.75. The van der Waals surface area contributed by atoms with E-state index in [9.17, 15) is 4.79 Å². The van der Waals surface area contributed by atoms with Gasteiger partial charge in [-0.25, -0.2) is 4.79 Å². The molecule has 5 nitrogen and oxygen atoms in total. The zero-order chi connectivity index (χ0) is 24.1. The molecule has 3 rings (SSSR count). The van der Waals surface area contributed by atoms with Gasteiger partial charge in [0.25, 0.3) is 0 Å². The maximum Gasteiger partial charge on any atom is 0.410 e. The lowest BCUT2D eigenvalue weighted by molar-refractivity contribution is 0.00425. The highest BCUT2D eigenvalue weighted by Gasteiger charge is 2.34. The fourth-order valence-corrected chi connectivity index (χ4v) is 4.21. The number of nitriles is 1. The average molecular weight is 449 g/mol. The van der Waals surface area contributed by atoms with Gasteiger partial charge in [0.1, 0.15) is 18.0 Å². The van der Waals surface area contributed by atoms with Gasteiger partial charge in [0, 0.05) is 6.04 Å². The molecule has 5 heteroatoms. The van der Waals surface area contributed by atoms with Gasteiger partial charge >= 0.3 is 6.09 Å². The lowest BCUT2D eigenvalue weighted by Gasteiger charge is -2.40. The normalized spacial score (nSPS) is 16.0. The zero-order valence-corrected chi connectivity index (χ0v) is 20.6. The first-order valence-electron chi connectivity index (χ1n) is 11.8. The van der Waals surface area contributed by atoms with E-state index in [1.165, 1.54) is 0 Å². The summed E-state index contributed by atoms with van der Waals surface area (Å²) in [4.78, 5) is 14.8. The van der Waals surface area contributed by atoms with Crippen molar-refractivity contribution in [3.8, 4) is 22.9 Å². The van der Waals surface area contributed by atoms with E-state index in [0.717, 1.165) is 42.6 Å². The smallest absolute Gasteiger partial charge is 0.410 e. The van der Waals surface area contributed by atoms with Crippen molar-refractivity contribution >= 4 is 6.09 Å². The van der Waals surface area contributed by atoms with Gasteiger partial charge < -0.3 is 14.4 Å². The molecular weight excluding hydrogens is 412 g/mol. The molecule has 1 fully saturated rings. The molecule has 1 saturated carbocycles. The lowest BCUT2D eigenvalue weighted by Crippen LogP contribution is -2.47. The summed E-state index contributed by atoms with van der Waals surface area (Å²) in [6.07, 6.45) is 3.92. The predicted octanol–water partition coefficient (Wildman–Crippen LogP) is 6.81. The first-order valence-corrected chi connectivity index (χ1v) is 11.8. The van der Waals surface area contributed by atoms with Crippen LogP contribution >= 0.6 is 0 Å². The van der Waals surface area contributed by atoms with Crippen LogP contribution in [0.3, 0.4) is 0 Å². The van der Waals surface area contributed by atoms with E-state index in [1.54, 1.807) is 6.07 Å². The van der Waals surface area contributed by atoms with E-state index in [0.29, 0.717) is 24.1 Å². The quantitative estimate of drug-likeness (QED) is 0.487. The Bertz CT molecular complexity index is 973. The van der Waals surface area contributed by atoms with Gasteiger partial charge in [-0.15, -0.1) is 0 Å². The summed E-state index contributed by atoms with van der Waals surface area (Å²) in [6.45, 7) is 11.2. The topological polar surface area (TPSA) is 62.6 Å². The van der Waals surface area contributed by atoms with E-state index in [1.807, 2.05) is 68.1 Å². The maximum atomic E-state index is 12.9. The molecule has 2 aromatic carbocycles. The Hall–Kier alpha value is -3.00. The molecule has 1 aliphatic rings. The summed E-state index contributed by atoms with van der Waals surface area (Å²) in [6, 6.07) is 17.7. The SMILES string of the molecule is CC1(C)CCC(N(CCOc2ccc(-c3cccc(C#N)c3)cc2)C(=O)OC(C)(C)C)CC1. The molecule has 1 amide bonds. The van der Waals surface area contributed by atoms with Gasteiger partial charge in [0.05, 0.1) is 18.2 Å². The second kappa shape index (κ2) is 10.3. The van der Waals surface area contributed by atoms with Crippen molar-refractivity contribution in [1.29, 1.82) is 5.26 Å². The summed E-state index contributed by atoms with van der Waals surface area (Å²) in [5.41, 5.74) is 2.47. The predicted molar refractivity (Wildman–Crippen MR) is 131 cm³/mol. The molecule has 0 saturated heterocycles. The minimum atomic E-state index is -0.525. The summed E-state index contributed by atoms with van der Waals surface area (Å²) in [5.74, 6) is 0.754. The third kappa shape index (κ3) is 7.25. The van der Waals surface area contributed by atoms with Crippen molar-refractivity contribution in [1.82, 2.24) is 4.90 Å². The van der Waals surface area contributed by atoms with Crippen molar-refractivity contribution < 1.29 is 14.3 Å². The second-order valence-electron chi connectivity index (χ2n) is 10.6. The highest BCUT2D eigenvalue weighted by Crippen LogP contribution is 2.37. The zero-order valence-electron chi connectivity index (χ0n) is 20.6. The number of amides is 1. The Kier molecular flexibility index (Phi) is 7.68. The summed E-state index contributed by atoms with van der Waals surface area (Å²) < 4.78 is 11.7. The van der Waals surface area contributed by atoms with Crippen LogP contribution in [0.1, 0.15) is 65.9 Å². The van der Waals surface area contributed by atoms with Crippen molar-refractivity contribution in [2.24, 2.45) is 5.41 Å². The largest absolute Gasteiger partial charge is 0.492 e. The number of rotatable bonds is 6. The van der Waals surface area contributed by atoms with Crippen LogP contribution in [0.25, 0.3) is 11.1 Å². The summed E-state index contributed by atoms with van der Waals surface area (Å²) in [7, 11) is 0. The van der Waals surface area contributed by atoms with Crippen molar-refractivity contribution in [3.63, 3.8) is 0 Å². The van der Waals surface area contributed by atoms with Crippen LogP contribution in [0, 0.1) is 16.7 Å². The highest BCUT2D eigenvalue weighted by atomic mass is 16.6. The van der Waals surface area contributed by atoms with Crippen LogP contribution in [0.15, 0.2) is 48.5 Å². The van der Waals surface area contributed by atoms with Crippen LogP contribution < -0.4 is 4.74 Å². The fraction of sp³-hybridized carbons (Fsp3) is 0.500. The molecule has 0 spiro atoms. The Balaban J connectivity index is 1.62. The van der Waals surface area contributed by atoms with E-state index in [2.05, 4.69) is 19.9 Å². The van der Waals surface area contributed by atoms with E-state index in [4.69, 9.17) is 14.7 Å². The molecule has 0 N–H and O–H groups in total. The van der Waals surface area contributed by atoms with Crippen LogP contribution in [-0.2, 0) is 4.74 Å². The van der Waals surface area contributed by atoms with E-state index in [-0.39, 0.29) is 12.1 Å². The summed E-state index contributed by atoms with van der Waals surface area (Å²) in [5, 5.41) is 9.11. The van der Waals surface area contributed by atoms with Gasteiger partial charge in [-0.2, -0.15) is 5.26 Å². The van der Waals surface area contributed by atoms with Crippen LogP contribution in [-0.4, -0.2) is 35.8 Å². The number of hydrogen-bond donors (Lipinski definition) is 0. The molecule has 176 valence electrons. The number of ether oxygens (including phenoxy) is 2. The molecule has 0 bridgehead atoms. The Morgan fingerprint density at radius 1 is 1.09 bits per heavy atom. The molecule has 2 aromatic rings. The molecular formula is C28H36N2O3. The van der Waals surface area contributed by atoms with Gasteiger partial charge in [0.2, 0.25) is 0 Å². The third-order valence-corrected chi connectivity index (χ3v) is 6.16. The number of carbonyl (C=O) groups excluding carboxylic acids is 1. The molecule has 0 unspecified atom stereocenters. The van der Waals surface area contributed by atoms with Gasteiger partial charge in [0.15, 0.2) is 0 Å². The number of hydrogen-bond acceptors (Lipinski definition) is 4. The van der Waals surface area contributed by atoms with E-state index < -0.39 is 5.60 Å². The highest BCUT2D eigenvalue weighted by molar-refractivity contribution is 5.68. The molecule has 0 heterocycles. The van der Waals surface area contributed by atoms with Crippen molar-refractivity contribution in [3.05, 3.63) is 54.1 Å². The van der Waals surface area contributed by atoms with E-state index >= 15 is 0 Å². The average Bonchev–Trinajstić information content (AvgIpc) is 2.76. The molecule has 33 heavy (non-hydrogen) atoms. The maximum absolute atomic E-state index is 12.9. The van der Waals surface area contributed by atoms with Crippen molar-refractivity contribution in [2.75, 3.05) is 13.2 Å². The minimum absolute atomic E-state index is 0.186. The van der Waals surface area contributed by atoms with Crippen LogP contribution in [0.5, 0.6) is 5.75 Å². The molecule has 0 aliphatic heterocycles. The van der Waals surface area contributed by atoms with Crippen LogP contribution in [0.4, 0.5) is 4.79 Å². The fourth-order valence-electron chi connectivity index (χ4n) is 4.21. The Morgan fingerprint density at radius 2 is 1.76 bits per heavy atom. The molecule has 0 atom stereocenters. The Morgan fingerprint density at radius 3 is 2.36 bits per heavy atom. The Labute approximate surface area is 198 Å². The minimum Gasteiger partial charge on any atom is -0.492 e. The van der Waals surface area contributed by atoms with Gasteiger partial charge in [-0.1, -0.05) is 38.1 Å². The number of carbonyl (C=O) groups is 1. The monoisotopic (exact) mass is 448 g/mol. The number of benzene rings is 2. The first kappa shape index (κ1) is 24.6. The second-order valence-corrected chi connectivity index (χ2v) is 10.6. The molecule has 0 aromatic heterocycles. The van der Waals surface area contributed by atoms with Gasteiger partial charge in [-0.05, 0) is 87.3 Å². The number of nitrogens with zero attached hydrogens (tertiary/aromatic N) is 2. The molecule has 0 radical (unpaired) electrons.